The van der Waals surface area contributed by atoms with Crippen molar-refractivity contribution in [2.45, 2.75) is 0 Å². The van der Waals surface area contributed by atoms with Crippen LogP contribution in [0.4, 0.5) is 5.69 Å². The molecule has 0 atom stereocenters. The molecule has 14 heavy (non-hydrogen) atoms. The van der Waals surface area contributed by atoms with E-state index in [9.17, 15) is 10.1 Å². The number of ether oxygens (including phenoxy) is 1. The van der Waals surface area contributed by atoms with E-state index in [2.05, 4.69) is 0 Å². The molecule has 0 amide bonds. The standard InChI is InChI=1S/C8H5ClN2O3/c1-14-8-5(4-10)7(11(12)13)3-2-6(8)9/h2-3H,1H3. The van der Waals surface area contributed by atoms with Crippen molar-refractivity contribution >= 4 is 17.3 Å². The van der Waals surface area contributed by atoms with Gasteiger partial charge in [0.15, 0.2) is 11.3 Å². The second kappa shape index (κ2) is 3.94. The number of methoxy groups -OCH3 is 1. The van der Waals surface area contributed by atoms with Crippen LogP contribution in [0.25, 0.3) is 0 Å². The molecule has 0 radical (unpaired) electrons. The summed E-state index contributed by atoms with van der Waals surface area (Å²) in [5, 5.41) is 19.4. The molecule has 0 spiro atoms. The van der Waals surface area contributed by atoms with Crippen LogP contribution in [0.3, 0.4) is 0 Å². The average Bonchev–Trinajstić information content (AvgIpc) is 2.16. The summed E-state index contributed by atoms with van der Waals surface area (Å²) >= 11 is 5.69. The van der Waals surface area contributed by atoms with Crippen LogP contribution in [-0.4, -0.2) is 12.0 Å². The van der Waals surface area contributed by atoms with Crippen molar-refractivity contribution in [2.75, 3.05) is 7.11 Å². The highest BCUT2D eigenvalue weighted by Gasteiger charge is 2.20. The molecule has 0 aromatic heterocycles. The number of nitrogens with zero attached hydrogens (tertiary/aromatic N) is 2. The second-order valence-electron chi connectivity index (χ2n) is 2.34. The first kappa shape index (κ1) is 10.3. The number of nitriles is 1. The molecule has 0 unspecified atom stereocenters. The third kappa shape index (κ3) is 1.60. The number of rotatable bonds is 2. The molecule has 1 aromatic carbocycles. The van der Waals surface area contributed by atoms with Gasteiger partial charge in [0.05, 0.1) is 17.1 Å². The van der Waals surface area contributed by atoms with Crippen molar-refractivity contribution in [3.05, 3.63) is 32.8 Å². The maximum atomic E-state index is 10.5. The van der Waals surface area contributed by atoms with Gasteiger partial charge in [0.2, 0.25) is 0 Å². The first-order chi connectivity index (χ1) is 6.61. The van der Waals surface area contributed by atoms with Gasteiger partial charge >= 0.3 is 0 Å². The molecule has 0 heterocycles. The lowest BCUT2D eigenvalue weighted by molar-refractivity contribution is -0.385. The van der Waals surface area contributed by atoms with E-state index >= 15 is 0 Å². The number of nitro groups is 1. The molecule has 0 aliphatic rings. The van der Waals surface area contributed by atoms with Gasteiger partial charge in [-0.05, 0) is 6.07 Å². The van der Waals surface area contributed by atoms with Gasteiger partial charge in [0.25, 0.3) is 5.69 Å². The Balaban J connectivity index is 3.50. The summed E-state index contributed by atoms with van der Waals surface area (Å²) in [4.78, 5) is 9.86. The van der Waals surface area contributed by atoms with E-state index in [1.54, 1.807) is 6.07 Å². The number of benzene rings is 1. The zero-order chi connectivity index (χ0) is 10.7. The van der Waals surface area contributed by atoms with Gasteiger partial charge in [-0.2, -0.15) is 5.26 Å². The molecule has 0 N–H and O–H groups in total. The first-order valence-electron chi connectivity index (χ1n) is 3.52. The summed E-state index contributed by atoms with van der Waals surface area (Å²) in [6, 6.07) is 4.18. The van der Waals surface area contributed by atoms with Gasteiger partial charge in [-0.15, -0.1) is 0 Å². The van der Waals surface area contributed by atoms with Gasteiger partial charge in [0.1, 0.15) is 6.07 Å². The van der Waals surface area contributed by atoms with Crippen molar-refractivity contribution < 1.29 is 9.66 Å². The fourth-order valence-electron chi connectivity index (χ4n) is 1.01. The van der Waals surface area contributed by atoms with Crippen LogP contribution < -0.4 is 4.74 Å². The minimum atomic E-state index is -0.655. The minimum Gasteiger partial charge on any atom is -0.494 e. The van der Waals surface area contributed by atoms with E-state index in [0.29, 0.717) is 0 Å². The van der Waals surface area contributed by atoms with Crippen LogP contribution >= 0.6 is 11.6 Å². The maximum Gasteiger partial charge on any atom is 0.291 e. The SMILES string of the molecule is COc1c(Cl)ccc([N+](=O)[O-])c1C#N. The molecule has 0 saturated carbocycles. The molecule has 0 saturated heterocycles. The fourth-order valence-corrected chi connectivity index (χ4v) is 1.24. The number of nitro benzene ring substituents is 1. The van der Waals surface area contributed by atoms with Crippen molar-refractivity contribution in [3.63, 3.8) is 0 Å². The number of hydrogen-bond acceptors (Lipinski definition) is 4. The van der Waals surface area contributed by atoms with Gasteiger partial charge in [-0.3, -0.25) is 10.1 Å². The molecule has 5 nitrogen and oxygen atoms in total. The van der Waals surface area contributed by atoms with Crippen molar-refractivity contribution in [2.24, 2.45) is 0 Å². The maximum absolute atomic E-state index is 10.5. The Kier molecular flexibility index (Phi) is 2.89. The molecular weight excluding hydrogens is 208 g/mol. The Morgan fingerprint density at radius 2 is 2.29 bits per heavy atom. The lowest BCUT2D eigenvalue weighted by Crippen LogP contribution is -1.96. The predicted octanol–water partition coefficient (Wildman–Crippen LogP) is 2.13. The largest absolute Gasteiger partial charge is 0.494 e. The summed E-state index contributed by atoms with van der Waals surface area (Å²) in [7, 11) is 1.30. The highest BCUT2D eigenvalue weighted by Crippen LogP contribution is 2.34. The quantitative estimate of drug-likeness (QED) is 0.556. The monoisotopic (exact) mass is 212 g/mol. The van der Waals surface area contributed by atoms with Crippen LogP contribution in [0, 0.1) is 21.4 Å². The zero-order valence-electron chi connectivity index (χ0n) is 7.15. The van der Waals surface area contributed by atoms with E-state index in [0.717, 1.165) is 0 Å². The van der Waals surface area contributed by atoms with Gasteiger partial charge in [-0.1, -0.05) is 11.6 Å². The zero-order valence-corrected chi connectivity index (χ0v) is 7.91. The van der Waals surface area contributed by atoms with Gasteiger partial charge < -0.3 is 4.74 Å². The van der Waals surface area contributed by atoms with E-state index in [1.165, 1.54) is 19.2 Å². The molecule has 72 valence electrons. The Morgan fingerprint density at radius 1 is 1.64 bits per heavy atom. The smallest absolute Gasteiger partial charge is 0.291 e. The summed E-state index contributed by atoms with van der Waals surface area (Å²) in [5.74, 6) is 0.0309. The summed E-state index contributed by atoms with van der Waals surface area (Å²) in [6.07, 6.45) is 0. The molecule has 1 rings (SSSR count). The molecular formula is C8H5ClN2O3. The van der Waals surface area contributed by atoms with Gasteiger partial charge in [0, 0.05) is 6.07 Å². The van der Waals surface area contributed by atoms with Crippen molar-refractivity contribution in [3.8, 4) is 11.8 Å². The lowest BCUT2D eigenvalue weighted by Gasteiger charge is -2.04. The predicted molar refractivity (Wildman–Crippen MR) is 49.4 cm³/mol. The van der Waals surface area contributed by atoms with Crippen LogP contribution in [0.15, 0.2) is 12.1 Å². The number of halogens is 1. The topological polar surface area (TPSA) is 76.2 Å². The molecule has 0 bridgehead atoms. The molecule has 1 aromatic rings. The van der Waals surface area contributed by atoms with E-state index in [1.807, 2.05) is 0 Å². The molecule has 6 heteroatoms. The van der Waals surface area contributed by atoms with Gasteiger partial charge in [-0.25, -0.2) is 0 Å². The van der Waals surface area contributed by atoms with Crippen LogP contribution in [-0.2, 0) is 0 Å². The molecule has 0 aliphatic heterocycles. The summed E-state index contributed by atoms with van der Waals surface area (Å²) < 4.78 is 4.80. The highest BCUT2D eigenvalue weighted by atomic mass is 35.5. The third-order valence-corrected chi connectivity index (χ3v) is 1.90. The van der Waals surface area contributed by atoms with E-state index < -0.39 is 4.92 Å². The summed E-state index contributed by atoms with van der Waals surface area (Å²) in [6.45, 7) is 0. The Hall–Kier alpha value is -1.80. The van der Waals surface area contributed by atoms with Crippen LogP contribution in [0.1, 0.15) is 5.56 Å². The lowest BCUT2D eigenvalue weighted by atomic mass is 10.2. The Bertz CT molecular complexity index is 425. The number of hydrogen-bond donors (Lipinski definition) is 0. The third-order valence-electron chi connectivity index (χ3n) is 1.60. The summed E-state index contributed by atoms with van der Waals surface area (Å²) in [5.41, 5.74) is -0.473. The normalized spacial score (nSPS) is 9.21. The van der Waals surface area contributed by atoms with Crippen LogP contribution in [0.5, 0.6) is 5.75 Å². The Labute approximate surface area is 84.6 Å². The average molecular weight is 213 g/mol. The van der Waals surface area contributed by atoms with E-state index in [-0.39, 0.29) is 22.0 Å². The van der Waals surface area contributed by atoms with Crippen LogP contribution in [0.2, 0.25) is 5.02 Å². The highest BCUT2D eigenvalue weighted by molar-refractivity contribution is 6.32. The van der Waals surface area contributed by atoms with Crippen molar-refractivity contribution in [1.82, 2.24) is 0 Å². The first-order valence-corrected chi connectivity index (χ1v) is 3.90. The van der Waals surface area contributed by atoms with E-state index in [4.69, 9.17) is 21.6 Å². The Morgan fingerprint density at radius 3 is 2.71 bits per heavy atom. The minimum absolute atomic E-state index is 0.0309. The van der Waals surface area contributed by atoms with Crippen molar-refractivity contribution in [1.29, 1.82) is 5.26 Å². The molecule has 0 fully saturated rings. The molecule has 0 aliphatic carbocycles. The second-order valence-corrected chi connectivity index (χ2v) is 2.75. The fraction of sp³-hybridized carbons (Fsp3) is 0.125.